The minimum absolute atomic E-state index is 0.0891. The molecule has 154 valence electrons. The van der Waals surface area contributed by atoms with Gasteiger partial charge in [-0.2, -0.15) is 0 Å². The third-order valence-electron chi connectivity index (χ3n) is 5.40. The van der Waals surface area contributed by atoms with Gasteiger partial charge in [-0.25, -0.2) is 9.78 Å². The molecular weight excluding hydrogens is 378 g/mol. The first-order valence-electron chi connectivity index (χ1n) is 9.74. The Morgan fingerprint density at radius 1 is 1.15 bits per heavy atom. The summed E-state index contributed by atoms with van der Waals surface area (Å²) in [6, 6.07) is 1.90. The van der Waals surface area contributed by atoms with E-state index in [0.29, 0.717) is 6.42 Å². The van der Waals surface area contributed by atoms with Gasteiger partial charge in [0.05, 0.1) is 5.56 Å². The van der Waals surface area contributed by atoms with E-state index in [0.717, 1.165) is 37.1 Å². The number of nitrogens with zero attached hydrogens (tertiary/aromatic N) is 1. The highest BCUT2D eigenvalue weighted by Gasteiger charge is 2.36. The summed E-state index contributed by atoms with van der Waals surface area (Å²) in [5.74, 6) is -1.01. The molecule has 0 amide bonds. The zero-order valence-electron chi connectivity index (χ0n) is 18.2. The van der Waals surface area contributed by atoms with Crippen LogP contribution in [0.5, 0.6) is 0 Å². The van der Waals surface area contributed by atoms with Gasteiger partial charge in [-0.05, 0) is 49.0 Å². The molecule has 0 radical (unpaired) electrons. The number of hydrogen-bond acceptors (Lipinski definition) is 3. The predicted molar refractivity (Wildman–Crippen MR) is 116 cm³/mol. The molecule has 0 fully saturated rings. The van der Waals surface area contributed by atoms with Crippen LogP contribution in [0.1, 0.15) is 82.4 Å². The van der Waals surface area contributed by atoms with Gasteiger partial charge in [0.1, 0.15) is 5.15 Å². The van der Waals surface area contributed by atoms with Crippen molar-refractivity contribution in [2.75, 3.05) is 6.61 Å². The van der Waals surface area contributed by atoms with Gasteiger partial charge in [0.25, 0.3) is 0 Å². The Morgan fingerprint density at radius 2 is 1.74 bits per heavy atom. The number of aromatic nitrogens is 1. The number of halogens is 1. The van der Waals surface area contributed by atoms with Crippen molar-refractivity contribution in [1.29, 1.82) is 0 Å². The van der Waals surface area contributed by atoms with Gasteiger partial charge in [0.15, 0.2) is 8.32 Å². The van der Waals surface area contributed by atoms with Crippen LogP contribution in [0.15, 0.2) is 6.07 Å². The molecule has 0 unspecified atom stereocenters. The van der Waals surface area contributed by atoms with Gasteiger partial charge in [-0.3, -0.25) is 0 Å². The normalized spacial score (nSPS) is 13.1. The topological polar surface area (TPSA) is 59.4 Å². The summed E-state index contributed by atoms with van der Waals surface area (Å²) in [5.41, 5.74) is 1.57. The van der Waals surface area contributed by atoms with E-state index < -0.39 is 14.3 Å². The van der Waals surface area contributed by atoms with Crippen LogP contribution in [-0.4, -0.2) is 31.0 Å². The Kier molecular flexibility index (Phi) is 8.09. The van der Waals surface area contributed by atoms with Gasteiger partial charge >= 0.3 is 5.97 Å². The molecule has 0 aliphatic heterocycles. The quantitative estimate of drug-likeness (QED) is 0.301. The number of carboxylic acids is 1. The summed E-state index contributed by atoms with van der Waals surface area (Å²) >= 11 is 6.18. The van der Waals surface area contributed by atoms with Crippen LogP contribution in [0.2, 0.25) is 23.3 Å². The van der Waals surface area contributed by atoms with Crippen LogP contribution >= 0.6 is 11.6 Å². The number of carboxylic acid groups (broad SMARTS) is 1. The number of unbranched alkanes of at least 4 members (excludes halogenated alkanes) is 2. The molecule has 1 aromatic rings. The van der Waals surface area contributed by atoms with Gasteiger partial charge < -0.3 is 9.53 Å². The SMILES string of the molecule is CC(C)(C)c1cc(CCCCCO[Si](C)(C)C(C)(C)C)c(C(=O)O)c(Cl)n1. The zero-order valence-corrected chi connectivity index (χ0v) is 20.0. The fourth-order valence-corrected chi connectivity index (χ4v) is 3.89. The number of carbonyl (C=O) groups is 1. The van der Waals surface area contributed by atoms with Crippen LogP contribution in [0.4, 0.5) is 0 Å². The standard InChI is InChI=1S/C21H36ClNO3Si/c1-20(2,3)16-14-15(17(19(24)25)18(22)23-16)12-10-9-11-13-26-27(7,8)21(4,5)6/h14H,9-13H2,1-8H3,(H,24,25). The fraction of sp³-hybridized carbons (Fsp3) is 0.714. The van der Waals surface area contributed by atoms with Crippen molar-refractivity contribution >= 4 is 25.9 Å². The summed E-state index contributed by atoms with van der Waals surface area (Å²) in [4.78, 5) is 15.9. The number of aryl methyl sites for hydroxylation is 1. The second kappa shape index (κ2) is 9.06. The van der Waals surface area contributed by atoms with Crippen molar-refractivity contribution in [2.45, 2.75) is 90.8 Å². The molecule has 1 heterocycles. The third kappa shape index (κ3) is 6.88. The molecule has 6 heteroatoms. The largest absolute Gasteiger partial charge is 0.478 e. The number of hydrogen-bond donors (Lipinski definition) is 1. The lowest BCUT2D eigenvalue weighted by molar-refractivity contribution is 0.0695. The lowest BCUT2D eigenvalue weighted by Crippen LogP contribution is -2.40. The maximum atomic E-state index is 11.6. The molecule has 27 heavy (non-hydrogen) atoms. The molecule has 0 bridgehead atoms. The third-order valence-corrected chi connectivity index (χ3v) is 10.2. The van der Waals surface area contributed by atoms with Gasteiger partial charge in [0.2, 0.25) is 0 Å². The summed E-state index contributed by atoms with van der Waals surface area (Å²) in [5, 5.41) is 9.82. The molecule has 0 aliphatic carbocycles. The van der Waals surface area contributed by atoms with Gasteiger partial charge in [-0.15, -0.1) is 0 Å². The molecule has 1 N–H and O–H groups in total. The lowest BCUT2D eigenvalue weighted by Gasteiger charge is -2.36. The fourth-order valence-electron chi connectivity index (χ4n) is 2.51. The zero-order chi connectivity index (χ0) is 21.0. The minimum atomic E-state index is -1.69. The van der Waals surface area contributed by atoms with Crippen molar-refractivity contribution < 1.29 is 14.3 Å². The Morgan fingerprint density at radius 3 is 2.22 bits per heavy atom. The molecule has 0 aliphatic rings. The molecule has 0 saturated carbocycles. The molecule has 1 aromatic heterocycles. The van der Waals surface area contributed by atoms with E-state index in [9.17, 15) is 9.90 Å². The smallest absolute Gasteiger partial charge is 0.339 e. The van der Waals surface area contributed by atoms with Crippen LogP contribution < -0.4 is 0 Å². The average Bonchev–Trinajstić information content (AvgIpc) is 2.47. The maximum Gasteiger partial charge on any atom is 0.339 e. The molecular formula is C21H36ClNO3Si. The number of rotatable bonds is 8. The number of pyridine rings is 1. The molecule has 0 spiro atoms. The van der Waals surface area contributed by atoms with Gasteiger partial charge in [-0.1, -0.05) is 59.6 Å². The highest BCUT2D eigenvalue weighted by Crippen LogP contribution is 2.36. The number of aromatic carboxylic acids is 1. The van der Waals surface area contributed by atoms with Crippen molar-refractivity contribution in [3.05, 3.63) is 28.0 Å². The summed E-state index contributed by atoms with van der Waals surface area (Å²) in [7, 11) is -1.69. The Labute approximate surface area is 170 Å². The second-order valence-corrected chi connectivity index (χ2v) is 15.0. The first-order chi connectivity index (χ1) is 12.2. The highest BCUT2D eigenvalue weighted by molar-refractivity contribution is 6.74. The highest BCUT2D eigenvalue weighted by atomic mass is 35.5. The monoisotopic (exact) mass is 413 g/mol. The van der Waals surface area contributed by atoms with E-state index in [1.165, 1.54) is 0 Å². The predicted octanol–water partition coefficient (Wildman–Crippen LogP) is 6.47. The Bertz CT molecular complexity index is 661. The maximum absolute atomic E-state index is 11.6. The van der Waals surface area contributed by atoms with Crippen molar-refractivity contribution in [1.82, 2.24) is 4.98 Å². The van der Waals surface area contributed by atoms with Crippen LogP contribution in [0.25, 0.3) is 0 Å². The molecule has 0 atom stereocenters. The van der Waals surface area contributed by atoms with E-state index in [1.807, 2.05) is 26.8 Å². The van der Waals surface area contributed by atoms with Crippen molar-refractivity contribution in [3.8, 4) is 0 Å². The van der Waals surface area contributed by atoms with Crippen LogP contribution in [-0.2, 0) is 16.3 Å². The van der Waals surface area contributed by atoms with Crippen molar-refractivity contribution in [3.63, 3.8) is 0 Å². The van der Waals surface area contributed by atoms with Crippen LogP contribution in [0, 0.1) is 0 Å². The van der Waals surface area contributed by atoms with E-state index in [-0.39, 0.29) is 21.2 Å². The lowest BCUT2D eigenvalue weighted by atomic mass is 9.89. The summed E-state index contributed by atoms with van der Waals surface area (Å²) in [6.45, 7) is 18.2. The Hall–Kier alpha value is -0.913. The molecule has 1 rings (SSSR count). The van der Waals surface area contributed by atoms with E-state index in [1.54, 1.807) is 0 Å². The van der Waals surface area contributed by atoms with Crippen molar-refractivity contribution in [2.24, 2.45) is 0 Å². The first-order valence-corrected chi connectivity index (χ1v) is 13.0. The second-order valence-electron chi connectivity index (χ2n) is 9.81. The van der Waals surface area contributed by atoms with E-state index in [2.05, 4.69) is 38.8 Å². The van der Waals surface area contributed by atoms with E-state index >= 15 is 0 Å². The average molecular weight is 414 g/mol. The summed E-state index contributed by atoms with van der Waals surface area (Å²) < 4.78 is 6.20. The summed E-state index contributed by atoms with van der Waals surface area (Å²) in [6.07, 6.45) is 3.58. The van der Waals surface area contributed by atoms with E-state index in [4.69, 9.17) is 16.0 Å². The molecule has 0 aromatic carbocycles. The molecule has 4 nitrogen and oxygen atoms in total. The first kappa shape index (κ1) is 24.1. The molecule has 0 saturated heterocycles. The minimum Gasteiger partial charge on any atom is -0.478 e. The van der Waals surface area contributed by atoms with Crippen LogP contribution in [0.3, 0.4) is 0 Å². The van der Waals surface area contributed by atoms with Gasteiger partial charge in [0, 0.05) is 17.7 Å². The Balaban J connectivity index is 2.69.